The Balaban J connectivity index is 1.42. The van der Waals surface area contributed by atoms with E-state index in [1.54, 1.807) is 17.4 Å². The minimum Gasteiger partial charge on any atom is -0.356 e. The first-order valence-electron chi connectivity index (χ1n) is 8.34. The van der Waals surface area contributed by atoms with Gasteiger partial charge >= 0.3 is 0 Å². The predicted molar refractivity (Wildman–Crippen MR) is 91.6 cm³/mol. The molecule has 1 aliphatic rings. The molecule has 1 aliphatic heterocycles. The number of benzene rings is 1. The van der Waals surface area contributed by atoms with Crippen LogP contribution in [-0.4, -0.2) is 34.5 Å². The molecule has 0 bridgehead atoms. The number of aryl methyl sites for hydroxylation is 1. The van der Waals surface area contributed by atoms with Gasteiger partial charge in [-0.2, -0.15) is 0 Å². The smallest absolute Gasteiger partial charge is 0.227 e. The quantitative estimate of drug-likeness (QED) is 0.788. The number of carbonyl (C=O) groups excluding carboxylic acids is 2. The fourth-order valence-electron chi connectivity index (χ4n) is 2.87. The average molecular weight is 326 g/mol. The Kier molecular flexibility index (Phi) is 5.25. The van der Waals surface area contributed by atoms with E-state index in [1.807, 2.05) is 35.0 Å². The molecule has 1 aromatic carbocycles. The maximum atomic E-state index is 12.0. The maximum absolute atomic E-state index is 12.0. The molecule has 1 saturated heterocycles. The van der Waals surface area contributed by atoms with Gasteiger partial charge in [0.2, 0.25) is 11.8 Å². The number of carbonyl (C=O) groups is 2. The summed E-state index contributed by atoms with van der Waals surface area (Å²) in [6.07, 6.45) is 8.21. The van der Waals surface area contributed by atoms with Gasteiger partial charge in [-0.15, -0.1) is 0 Å². The molecule has 0 spiro atoms. The van der Waals surface area contributed by atoms with E-state index in [-0.39, 0.29) is 11.8 Å². The van der Waals surface area contributed by atoms with E-state index in [0.717, 1.165) is 37.2 Å². The van der Waals surface area contributed by atoms with Gasteiger partial charge in [-0.25, -0.2) is 4.98 Å². The highest BCUT2D eigenvalue weighted by molar-refractivity contribution is 5.95. The molecule has 6 heteroatoms. The summed E-state index contributed by atoms with van der Waals surface area (Å²) in [5.74, 6) is 0.198. The van der Waals surface area contributed by atoms with Crippen molar-refractivity contribution >= 4 is 17.5 Å². The number of imidazole rings is 1. The second-order valence-corrected chi connectivity index (χ2v) is 6.00. The molecule has 2 aromatic rings. The number of hydrogen-bond acceptors (Lipinski definition) is 3. The lowest BCUT2D eigenvalue weighted by Crippen LogP contribution is -2.27. The number of nitrogens with zero attached hydrogens (tertiary/aromatic N) is 3. The largest absolute Gasteiger partial charge is 0.356 e. The number of anilines is 1. The monoisotopic (exact) mass is 326 g/mol. The molecule has 0 radical (unpaired) electrons. The molecular weight excluding hydrogens is 304 g/mol. The van der Waals surface area contributed by atoms with Crippen LogP contribution in [0.25, 0.3) is 0 Å². The first kappa shape index (κ1) is 16.2. The molecule has 1 N–H and O–H groups in total. The van der Waals surface area contributed by atoms with E-state index in [9.17, 15) is 9.59 Å². The van der Waals surface area contributed by atoms with Crippen LogP contribution >= 0.6 is 0 Å². The van der Waals surface area contributed by atoms with Gasteiger partial charge in [0, 0.05) is 44.1 Å². The fourth-order valence-corrected chi connectivity index (χ4v) is 2.87. The summed E-state index contributed by atoms with van der Waals surface area (Å²) in [4.78, 5) is 29.5. The molecule has 0 saturated carbocycles. The lowest BCUT2D eigenvalue weighted by atomic mass is 10.1. The minimum absolute atomic E-state index is 0.0191. The van der Waals surface area contributed by atoms with Gasteiger partial charge in [-0.3, -0.25) is 9.59 Å². The number of nitrogens with one attached hydrogen (secondary N) is 1. The molecule has 0 atom stereocenters. The van der Waals surface area contributed by atoms with E-state index in [4.69, 9.17) is 0 Å². The summed E-state index contributed by atoms with van der Waals surface area (Å²) in [6, 6.07) is 7.69. The number of hydrogen-bond donors (Lipinski definition) is 1. The van der Waals surface area contributed by atoms with Crippen LogP contribution in [0.4, 0.5) is 5.69 Å². The number of aromatic nitrogens is 2. The highest BCUT2D eigenvalue weighted by Crippen LogP contribution is 2.21. The summed E-state index contributed by atoms with van der Waals surface area (Å²) >= 11 is 0. The zero-order chi connectivity index (χ0) is 16.8. The molecule has 6 nitrogen and oxygen atoms in total. The molecule has 0 aliphatic carbocycles. The Bertz CT molecular complexity index is 680. The summed E-state index contributed by atoms with van der Waals surface area (Å²) in [6.45, 7) is 2.28. The van der Waals surface area contributed by atoms with Gasteiger partial charge < -0.3 is 14.8 Å². The maximum Gasteiger partial charge on any atom is 0.227 e. The standard InChI is InChI=1S/C18H22N4O2/c23-17(20-8-2-10-21-12-9-19-14-21)13-15-4-6-16(7-5-15)22-11-1-3-18(22)24/h4-7,9,12,14H,1-3,8,10-11,13H2,(H,20,23). The third-order valence-electron chi connectivity index (χ3n) is 4.16. The second kappa shape index (κ2) is 7.77. The van der Waals surface area contributed by atoms with E-state index < -0.39 is 0 Å². The minimum atomic E-state index is 0.0191. The highest BCUT2D eigenvalue weighted by atomic mass is 16.2. The van der Waals surface area contributed by atoms with Crippen molar-refractivity contribution in [2.45, 2.75) is 32.2 Å². The molecule has 24 heavy (non-hydrogen) atoms. The Morgan fingerprint density at radius 1 is 1.25 bits per heavy atom. The fraction of sp³-hybridized carbons (Fsp3) is 0.389. The van der Waals surface area contributed by atoms with Gasteiger partial charge in [0.05, 0.1) is 12.7 Å². The topological polar surface area (TPSA) is 67.2 Å². The zero-order valence-corrected chi connectivity index (χ0v) is 13.6. The molecule has 3 rings (SSSR count). The molecule has 2 amide bonds. The van der Waals surface area contributed by atoms with Crippen LogP contribution in [0.3, 0.4) is 0 Å². The van der Waals surface area contributed by atoms with Crippen molar-refractivity contribution in [2.24, 2.45) is 0 Å². The van der Waals surface area contributed by atoms with Gasteiger partial charge in [-0.1, -0.05) is 12.1 Å². The zero-order valence-electron chi connectivity index (χ0n) is 13.6. The highest BCUT2D eigenvalue weighted by Gasteiger charge is 2.21. The van der Waals surface area contributed by atoms with Crippen molar-refractivity contribution in [1.82, 2.24) is 14.9 Å². The Morgan fingerprint density at radius 2 is 2.08 bits per heavy atom. The van der Waals surface area contributed by atoms with Gasteiger partial charge in [0.15, 0.2) is 0 Å². The first-order chi connectivity index (χ1) is 11.7. The van der Waals surface area contributed by atoms with E-state index >= 15 is 0 Å². The van der Waals surface area contributed by atoms with Crippen molar-refractivity contribution in [2.75, 3.05) is 18.0 Å². The SMILES string of the molecule is O=C(Cc1ccc(N2CCCC2=O)cc1)NCCCn1ccnc1. The van der Waals surface area contributed by atoms with E-state index in [2.05, 4.69) is 10.3 Å². The van der Waals surface area contributed by atoms with Gasteiger partial charge in [0.1, 0.15) is 0 Å². The van der Waals surface area contributed by atoms with Crippen LogP contribution in [0.1, 0.15) is 24.8 Å². The third kappa shape index (κ3) is 4.22. The Labute approximate surface area is 141 Å². The van der Waals surface area contributed by atoms with E-state index in [0.29, 0.717) is 19.4 Å². The summed E-state index contributed by atoms with van der Waals surface area (Å²) in [5, 5.41) is 2.93. The van der Waals surface area contributed by atoms with Crippen LogP contribution in [0.5, 0.6) is 0 Å². The Hall–Kier alpha value is -2.63. The summed E-state index contributed by atoms with van der Waals surface area (Å²) in [5.41, 5.74) is 1.87. The van der Waals surface area contributed by atoms with E-state index in [1.165, 1.54) is 0 Å². The Morgan fingerprint density at radius 3 is 2.75 bits per heavy atom. The lowest BCUT2D eigenvalue weighted by Gasteiger charge is -2.15. The van der Waals surface area contributed by atoms with Crippen molar-refractivity contribution in [3.8, 4) is 0 Å². The second-order valence-electron chi connectivity index (χ2n) is 6.00. The van der Waals surface area contributed by atoms with Crippen molar-refractivity contribution in [3.05, 3.63) is 48.5 Å². The van der Waals surface area contributed by atoms with Crippen molar-refractivity contribution in [1.29, 1.82) is 0 Å². The van der Waals surface area contributed by atoms with Crippen molar-refractivity contribution in [3.63, 3.8) is 0 Å². The summed E-state index contributed by atoms with van der Waals surface area (Å²) in [7, 11) is 0. The molecule has 1 fully saturated rings. The summed E-state index contributed by atoms with van der Waals surface area (Å²) < 4.78 is 1.99. The lowest BCUT2D eigenvalue weighted by molar-refractivity contribution is -0.120. The molecule has 1 aromatic heterocycles. The average Bonchev–Trinajstić information content (AvgIpc) is 3.24. The van der Waals surface area contributed by atoms with Crippen LogP contribution < -0.4 is 10.2 Å². The first-order valence-corrected chi connectivity index (χ1v) is 8.34. The van der Waals surface area contributed by atoms with Gasteiger partial charge in [-0.05, 0) is 30.5 Å². The van der Waals surface area contributed by atoms with Crippen LogP contribution in [0.2, 0.25) is 0 Å². The van der Waals surface area contributed by atoms with Crippen LogP contribution in [0.15, 0.2) is 43.0 Å². The normalized spacial score (nSPS) is 14.2. The molecule has 126 valence electrons. The van der Waals surface area contributed by atoms with Crippen LogP contribution in [-0.2, 0) is 22.6 Å². The van der Waals surface area contributed by atoms with Crippen molar-refractivity contribution < 1.29 is 9.59 Å². The predicted octanol–water partition coefficient (Wildman–Crippen LogP) is 1.76. The molecule has 2 heterocycles. The number of rotatable bonds is 7. The third-order valence-corrected chi connectivity index (χ3v) is 4.16. The van der Waals surface area contributed by atoms with Gasteiger partial charge in [0.25, 0.3) is 0 Å². The number of amides is 2. The van der Waals surface area contributed by atoms with Crippen LogP contribution in [0, 0.1) is 0 Å². The molecular formula is C18H22N4O2. The molecule has 0 unspecified atom stereocenters.